The quantitative estimate of drug-likeness (QED) is 0.290. The van der Waals surface area contributed by atoms with Gasteiger partial charge < -0.3 is 14.3 Å². The van der Waals surface area contributed by atoms with Crippen LogP contribution in [0.2, 0.25) is 0 Å². The van der Waals surface area contributed by atoms with Crippen LogP contribution in [0.25, 0.3) is 0 Å². The van der Waals surface area contributed by atoms with Gasteiger partial charge in [0.05, 0.1) is 5.92 Å². The largest absolute Gasteiger partial charge is 0.457 e. The van der Waals surface area contributed by atoms with Crippen molar-refractivity contribution in [3.05, 3.63) is 60.2 Å². The fourth-order valence-corrected chi connectivity index (χ4v) is 3.98. The zero-order valence-corrected chi connectivity index (χ0v) is 18.6. The molecule has 2 unspecified atom stereocenters. The van der Waals surface area contributed by atoms with Gasteiger partial charge in [0.25, 0.3) is 0 Å². The first kappa shape index (κ1) is 21.9. The molecule has 0 aliphatic heterocycles. The van der Waals surface area contributed by atoms with Crippen LogP contribution in [0.4, 0.5) is 0 Å². The summed E-state index contributed by atoms with van der Waals surface area (Å²) in [5, 5.41) is 13.8. The minimum atomic E-state index is -1.01. The summed E-state index contributed by atoms with van der Waals surface area (Å²) < 4.78 is 11.4. The summed E-state index contributed by atoms with van der Waals surface area (Å²) >= 11 is 0. The molecule has 0 heterocycles. The fourth-order valence-electron chi connectivity index (χ4n) is 3.98. The third-order valence-electron chi connectivity index (χ3n) is 6.39. The van der Waals surface area contributed by atoms with Crippen LogP contribution in [0.1, 0.15) is 45.3 Å². The maximum Gasteiger partial charge on any atom is 0.311 e. The molecule has 0 radical (unpaired) electrons. The van der Waals surface area contributed by atoms with E-state index in [1.54, 1.807) is 30.5 Å². The first-order valence-electron chi connectivity index (χ1n) is 11.0. The van der Waals surface area contributed by atoms with Crippen LogP contribution in [0.5, 0.6) is 11.5 Å². The van der Waals surface area contributed by atoms with E-state index < -0.39 is 12.1 Å². The van der Waals surface area contributed by atoms with Crippen molar-refractivity contribution >= 4 is 12.2 Å². The van der Waals surface area contributed by atoms with Crippen molar-refractivity contribution in [3.8, 4) is 17.6 Å². The predicted octanol–water partition coefficient (Wildman–Crippen LogP) is 5.66. The molecule has 6 nitrogen and oxygen atoms in total. The van der Waals surface area contributed by atoms with E-state index in [2.05, 4.69) is 11.2 Å². The highest BCUT2D eigenvalue weighted by Gasteiger charge is 2.62. The molecule has 2 aromatic rings. The molecule has 4 rings (SSSR count). The van der Waals surface area contributed by atoms with Crippen molar-refractivity contribution in [3.63, 3.8) is 0 Å². The van der Waals surface area contributed by atoms with Gasteiger partial charge in [0.2, 0.25) is 6.10 Å². The van der Waals surface area contributed by atoms with Crippen molar-refractivity contribution in [2.24, 2.45) is 28.3 Å². The van der Waals surface area contributed by atoms with Crippen LogP contribution in [-0.4, -0.2) is 18.3 Å². The number of ether oxygens (including phenoxy) is 2. The first-order chi connectivity index (χ1) is 15.4. The zero-order chi connectivity index (χ0) is 22.7. The van der Waals surface area contributed by atoms with Crippen molar-refractivity contribution < 1.29 is 19.1 Å². The topological polar surface area (TPSA) is 80.9 Å². The Kier molecular flexibility index (Phi) is 6.18. The number of rotatable bonds is 9. The molecule has 2 aliphatic rings. The van der Waals surface area contributed by atoms with E-state index in [9.17, 15) is 10.1 Å². The molecule has 2 aliphatic carbocycles. The van der Waals surface area contributed by atoms with Gasteiger partial charge in [-0.25, -0.2) is 0 Å². The molecule has 4 atom stereocenters. The van der Waals surface area contributed by atoms with Crippen LogP contribution < -0.4 is 4.74 Å². The minimum absolute atomic E-state index is 0.0755. The van der Waals surface area contributed by atoms with E-state index in [-0.39, 0.29) is 23.4 Å². The molecule has 0 N–H and O–H groups in total. The SMILES string of the molecule is CC(ON=C[C@@H]1[C@@H](C(=O)OC(C#N)c2cccc(Oc3ccccc3)c2)C1(C)C)C1CC1. The highest BCUT2D eigenvalue weighted by atomic mass is 16.6. The lowest BCUT2D eigenvalue weighted by atomic mass is 10.1. The molecule has 0 aromatic heterocycles. The van der Waals surface area contributed by atoms with Gasteiger partial charge in [-0.2, -0.15) is 5.26 Å². The monoisotopic (exact) mass is 432 g/mol. The van der Waals surface area contributed by atoms with Crippen LogP contribution in [0.15, 0.2) is 59.8 Å². The lowest BCUT2D eigenvalue weighted by molar-refractivity contribution is -0.149. The number of hydrogen-bond acceptors (Lipinski definition) is 6. The summed E-state index contributed by atoms with van der Waals surface area (Å²) in [7, 11) is 0. The van der Waals surface area contributed by atoms with E-state index in [0.717, 1.165) is 0 Å². The molecular formula is C26H28N2O4. The van der Waals surface area contributed by atoms with Gasteiger partial charge in [0.1, 0.15) is 23.7 Å². The molecular weight excluding hydrogens is 404 g/mol. The lowest BCUT2D eigenvalue weighted by Gasteiger charge is -2.13. The van der Waals surface area contributed by atoms with Gasteiger partial charge >= 0.3 is 5.97 Å². The number of nitrogens with zero attached hydrogens (tertiary/aromatic N) is 2. The molecule has 0 spiro atoms. The molecule has 2 fully saturated rings. The van der Waals surface area contributed by atoms with Crippen molar-refractivity contribution in [1.29, 1.82) is 5.26 Å². The first-order valence-corrected chi connectivity index (χ1v) is 11.0. The Morgan fingerprint density at radius 1 is 1.16 bits per heavy atom. The Bertz CT molecular complexity index is 1020. The number of carbonyl (C=O) groups is 1. The van der Waals surface area contributed by atoms with E-state index >= 15 is 0 Å². The number of hydrogen-bond donors (Lipinski definition) is 0. The summed E-state index contributed by atoms with van der Waals surface area (Å²) in [6.07, 6.45) is 3.18. The second kappa shape index (κ2) is 9.04. The highest BCUT2D eigenvalue weighted by molar-refractivity contribution is 5.85. The average molecular weight is 433 g/mol. The molecule has 0 amide bonds. The second-order valence-electron chi connectivity index (χ2n) is 9.16. The zero-order valence-electron chi connectivity index (χ0n) is 18.6. The van der Waals surface area contributed by atoms with Gasteiger partial charge in [0.15, 0.2) is 0 Å². The van der Waals surface area contributed by atoms with Gasteiger partial charge in [-0.05, 0) is 55.4 Å². The van der Waals surface area contributed by atoms with Crippen LogP contribution >= 0.6 is 0 Å². The van der Waals surface area contributed by atoms with Crippen LogP contribution in [0, 0.1) is 34.5 Å². The number of oxime groups is 1. The summed E-state index contributed by atoms with van der Waals surface area (Å²) in [5.41, 5.74) is 0.282. The Morgan fingerprint density at radius 3 is 2.56 bits per heavy atom. The van der Waals surface area contributed by atoms with Gasteiger partial charge in [-0.1, -0.05) is 49.3 Å². The number of esters is 1. The maximum atomic E-state index is 12.9. The van der Waals surface area contributed by atoms with Gasteiger partial charge in [-0.3, -0.25) is 4.79 Å². The molecule has 0 bridgehead atoms. The van der Waals surface area contributed by atoms with Crippen LogP contribution in [-0.2, 0) is 14.4 Å². The summed E-state index contributed by atoms with van der Waals surface area (Å²) in [6.45, 7) is 6.01. The lowest BCUT2D eigenvalue weighted by Crippen LogP contribution is -2.14. The Morgan fingerprint density at radius 2 is 1.88 bits per heavy atom. The molecule has 2 aromatic carbocycles. The second-order valence-corrected chi connectivity index (χ2v) is 9.16. The highest BCUT2D eigenvalue weighted by Crippen LogP contribution is 2.58. The van der Waals surface area contributed by atoms with Gasteiger partial charge in [0, 0.05) is 17.7 Å². The van der Waals surface area contributed by atoms with E-state index in [4.69, 9.17) is 14.3 Å². The third kappa shape index (κ3) is 4.94. The Labute approximate surface area is 188 Å². The number of para-hydroxylation sites is 1. The van der Waals surface area contributed by atoms with E-state index in [0.29, 0.717) is 23.0 Å². The van der Waals surface area contributed by atoms with E-state index in [1.807, 2.05) is 51.1 Å². The number of benzene rings is 2. The van der Waals surface area contributed by atoms with Crippen LogP contribution in [0.3, 0.4) is 0 Å². The molecule has 6 heteroatoms. The molecule has 32 heavy (non-hydrogen) atoms. The minimum Gasteiger partial charge on any atom is -0.457 e. The van der Waals surface area contributed by atoms with Crippen molar-refractivity contribution in [2.45, 2.75) is 45.8 Å². The van der Waals surface area contributed by atoms with Crippen molar-refractivity contribution in [2.75, 3.05) is 0 Å². The summed E-state index contributed by atoms with van der Waals surface area (Å²) in [6, 6.07) is 18.5. The average Bonchev–Trinajstić information content (AvgIpc) is 3.70. The molecule has 2 saturated carbocycles. The van der Waals surface area contributed by atoms with Crippen molar-refractivity contribution in [1.82, 2.24) is 0 Å². The van der Waals surface area contributed by atoms with E-state index in [1.165, 1.54) is 12.8 Å². The smallest absolute Gasteiger partial charge is 0.311 e. The summed E-state index contributed by atoms with van der Waals surface area (Å²) in [4.78, 5) is 18.4. The number of nitriles is 1. The van der Waals surface area contributed by atoms with Gasteiger partial charge in [-0.15, -0.1) is 0 Å². The fraction of sp³-hybridized carbons (Fsp3) is 0.423. The summed E-state index contributed by atoms with van der Waals surface area (Å²) in [5.74, 6) is 1.03. The number of carbonyl (C=O) groups excluding carboxylic acids is 1. The standard InChI is InChI=1S/C26H28N2O4/c1-17(18-12-13-18)32-28-16-22-24(26(22,2)3)25(29)31-23(15-27)19-8-7-11-21(14-19)30-20-9-5-4-6-10-20/h4-11,14,16-18,22-24H,12-13H2,1-3H3/t17?,22-,23?,24+/m1/s1. The Hall–Kier alpha value is -3.33. The maximum absolute atomic E-state index is 12.9. The molecule has 166 valence electrons. The normalized spacial score (nSPS) is 23.1. The molecule has 0 saturated heterocycles. The third-order valence-corrected chi connectivity index (χ3v) is 6.39. The Balaban J connectivity index is 1.38. The predicted molar refractivity (Wildman–Crippen MR) is 120 cm³/mol.